The van der Waals surface area contributed by atoms with Gasteiger partial charge in [0.2, 0.25) is 9.84 Å². The Labute approximate surface area is 178 Å². The van der Waals surface area contributed by atoms with E-state index in [1.54, 1.807) is 30.3 Å². The van der Waals surface area contributed by atoms with E-state index in [-0.39, 0.29) is 21.9 Å². The van der Waals surface area contributed by atoms with E-state index < -0.39 is 9.84 Å². The molecule has 0 aliphatic carbocycles. The smallest absolute Gasteiger partial charge is 0.274 e. The van der Waals surface area contributed by atoms with Gasteiger partial charge in [0, 0.05) is 5.39 Å². The molecule has 0 amide bonds. The Bertz CT molecular complexity index is 1450. The number of fused-ring (bicyclic) bond motifs is 2. The number of hydrogen-bond donors (Lipinski definition) is 0. The molecule has 4 aromatic rings. The molecular formula is C23H18N2O5S. The Balaban J connectivity index is 1.49. The lowest BCUT2D eigenvalue weighted by Gasteiger charge is -2.19. The van der Waals surface area contributed by atoms with Gasteiger partial charge >= 0.3 is 0 Å². The molecule has 1 aliphatic rings. The van der Waals surface area contributed by atoms with Crippen molar-refractivity contribution in [3.63, 3.8) is 0 Å². The van der Waals surface area contributed by atoms with E-state index in [0.29, 0.717) is 35.5 Å². The fourth-order valence-electron chi connectivity index (χ4n) is 3.54. The first-order chi connectivity index (χ1) is 15.0. The highest BCUT2D eigenvalue weighted by atomic mass is 32.2. The molecule has 0 bridgehead atoms. The number of aromatic nitrogens is 2. The molecule has 1 aromatic heterocycles. The summed E-state index contributed by atoms with van der Waals surface area (Å²) in [5.41, 5.74) is 0.553. The Morgan fingerprint density at radius 2 is 1.65 bits per heavy atom. The SMILES string of the molecule is O=c1c2ccc(S(=O)(=O)c3ccccc3)cc2cnn1Cc1ccc2c(c1)OCCO2. The first-order valence-corrected chi connectivity index (χ1v) is 11.2. The number of benzene rings is 3. The maximum atomic E-state index is 12.9. The normalized spacial score (nSPS) is 13.3. The summed E-state index contributed by atoms with van der Waals surface area (Å²) in [6.07, 6.45) is 1.51. The fourth-order valence-corrected chi connectivity index (χ4v) is 4.86. The summed E-state index contributed by atoms with van der Waals surface area (Å²) >= 11 is 0. The summed E-state index contributed by atoms with van der Waals surface area (Å²) in [7, 11) is -3.67. The van der Waals surface area contributed by atoms with Crippen molar-refractivity contribution >= 4 is 20.6 Å². The minimum atomic E-state index is -3.67. The van der Waals surface area contributed by atoms with Gasteiger partial charge in [-0.05, 0) is 48.0 Å². The molecule has 5 rings (SSSR count). The van der Waals surface area contributed by atoms with Crippen LogP contribution in [-0.4, -0.2) is 31.4 Å². The lowest BCUT2D eigenvalue weighted by Crippen LogP contribution is -2.23. The molecule has 31 heavy (non-hydrogen) atoms. The van der Waals surface area contributed by atoms with Gasteiger partial charge in [-0.15, -0.1) is 0 Å². The second-order valence-corrected chi connectivity index (χ2v) is 9.10. The van der Waals surface area contributed by atoms with Crippen LogP contribution in [0, 0.1) is 0 Å². The average molecular weight is 434 g/mol. The molecule has 0 atom stereocenters. The van der Waals surface area contributed by atoms with Crippen molar-refractivity contribution in [3.8, 4) is 11.5 Å². The van der Waals surface area contributed by atoms with Gasteiger partial charge in [0.15, 0.2) is 11.5 Å². The van der Waals surface area contributed by atoms with Crippen LogP contribution in [0.4, 0.5) is 0 Å². The number of hydrogen-bond acceptors (Lipinski definition) is 6. The zero-order valence-corrected chi connectivity index (χ0v) is 17.2. The van der Waals surface area contributed by atoms with Crippen molar-refractivity contribution in [2.45, 2.75) is 16.3 Å². The van der Waals surface area contributed by atoms with Gasteiger partial charge in [-0.3, -0.25) is 4.79 Å². The lowest BCUT2D eigenvalue weighted by molar-refractivity contribution is 0.171. The van der Waals surface area contributed by atoms with E-state index in [1.165, 1.54) is 29.1 Å². The molecule has 0 radical (unpaired) electrons. The largest absolute Gasteiger partial charge is 0.486 e. The van der Waals surface area contributed by atoms with Crippen LogP contribution in [0.5, 0.6) is 11.5 Å². The molecule has 0 N–H and O–H groups in total. The van der Waals surface area contributed by atoms with E-state index in [2.05, 4.69) is 5.10 Å². The molecule has 0 unspecified atom stereocenters. The molecule has 1 aliphatic heterocycles. The summed E-state index contributed by atoms with van der Waals surface area (Å²) in [6, 6.07) is 18.2. The number of sulfone groups is 1. The fraction of sp³-hybridized carbons (Fsp3) is 0.130. The minimum absolute atomic E-state index is 0.122. The molecule has 8 heteroatoms. The molecule has 2 heterocycles. The standard InChI is InChI=1S/C23H18N2O5S/c26-23-20-8-7-19(31(27,28)18-4-2-1-3-5-18)13-17(20)14-24-25(23)15-16-6-9-21-22(12-16)30-11-10-29-21/h1-9,12-14H,10-11,15H2. The summed E-state index contributed by atoms with van der Waals surface area (Å²) in [6.45, 7) is 1.26. The third-order valence-electron chi connectivity index (χ3n) is 5.13. The molecule has 0 spiro atoms. The first kappa shape index (κ1) is 19.3. The van der Waals surface area contributed by atoms with E-state index in [1.807, 2.05) is 18.2 Å². The highest BCUT2D eigenvalue weighted by Gasteiger charge is 2.18. The third kappa shape index (κ3) is 3.55. The lowest BCUT2D eigenvalue weighted by atomic mass is 10.2. The Kier molecular flexibility index (Phi) is 4.71. The summed E-state index contributed by atoms with van der Waals surface area (Å²) in [5.74, 6) is 1.33. The van der Waals surface area contributed by atoms with Crippen molar-refractivity contribution in [2.24, 2.45) is 0 Å². The van der Waals surface area contributed by atoms with Crippen LogP contribution in [0.3, 0.4) is 0 Å². The van der Waals surface area contributed by atoms with Crippen molar-refractivity contribution in [2.75, 3.05) is 13.2 Å². The van der Waals surface area contributed by atoms with Gasteiger partial charge in [-0.2, -0.15) is 5.10 Å². The van der Waals surface area contributed by atoms with Gasteiger partial charge in [0.05, 0.1) is 27.9 Å². The van der Waals surface area contributed by atoms with E-state index in [9.17, 15) is 13.2 Å². The number of rotatable bonds is 4. The highest BCUT2D eigenvalue weighted by molar-refractivity contribution is 7.91. The van der Waals surface area contributed by atoms with Crippen LogP contribution in [0.15, 0.2) is 87.5 Å². The van der Waals surface area contributed by atoms with E-state index in [0.717, 1.165) is 5.56 Å². The Morgan fingerprint density at radius 3 is 2.45 bits per heavy atom. The Morgan fingerprint density at radius 1 is 0.871 bits per heavy atom. The zero-order chi connectivity index (χ0) is 21.4. The van der Waals surface area contributed by atoms with Crippen molar-refractivity contribution < 1.29 is 17.9 Å². The van der Waals surface area contributed by atoms with Crippen LogP contribution in [0.2, 0.25) is 0 Å². The monoisotopic (exact) mass is 434 g/mol. The number of nitrogens with zero attached hydrogens (tertiary/aromatic N) is 2. The number of ether oxygens (including phenoxy) is 2. The molecular weight excluding hydrogens is 416 g/mol. The van der Waals surface area contributed by atoms with Gasteiger partial charge in [-0.1, -0.05) is 24.3 Å². The minimum Gasteiger partial charge on any atom is -0.486 e. The van der Waals surface area contributed by atoms with Crippen molar-refractivity contribution in [1.82, 2.24) is 9.78 Å². The summed E-state index contributed by atoms with van der Waals surface area (Å²) in [5, 5.41) is 5.12. The van der Waals surface area contributed by atoms with E-state index >= 15 is 0 Å². The molecule has 156 valence electrons. The quantitative estimate of drug-likeness (QED) is 0.491. The van der Waals surface area contributed by atoms with Gasteiger partial charge in [-0.25, -0.2) is 13.1 Å². The molecule has 7 nitrogen and oxygen atoms in total. The van der Waals surface area contributed by atoms with Crippen LogP contribution in [0.25, 0.3) is 10.8 Å². The Hall–Kier alpha value is -3.65. The van der Waals surface area contributed by atoms with Gasteiger partial charge in [0.25, 0.3) is 5.56 Å². The molecule has 0 saturated carbocycles. The third-order valence-corrected chi connectivity index (χ3v) is 6.89. The van der Waals surface area contributed by atoms with Crippen LogP contribution in [-0.2, 0) is 16.4 Å². The van der Waals surface area contributed by atoms with Crippen molar-refractivity contribution in [3.05, 3.63) is 88.8 Å². The van der Waals surface area contributed by atoms with Gasteiger partial charge in [0.1, 0.15) is 13.2 Å². The maximum absolute atomic E-state index is 12.9. The second kappa shape index (κ2) is 7.55. The van der Waals surface area contributed by atoms with Gasteiger partial charge < -0.3 is 9.47 Å². The van der Waals surface area contributed by atoms with Crippen LogP contribution in [0.1, 0.15) is 5.56 Å². The zero-order valence-electron chi connectivity index (χ0n) is 16.4. The molecule has 3 aromatic carbocycles. The first-order valence-electron chi connectivity index (χ1n) is 9.71. The highest BCUT2D eigenvalue weighted by Crippen LogP contribution is 2.31. The van der Waals surface area contributed by atoms with Crippen LogP contribution >= 0.6 is 0 Å². The average Bonchev–Trinajstić information content (AvgIpc) is 2.81. The second-order valence-electron chi connectivity index (χ2n) is 7.15. The van der Waals surface area contributed by atoms with E-state index in [4.69, 9.17) is 9.47 Å². The topological polar surface area (TPSA) is 87.5 Å². The summed E-state index contributed by atoms with van der Waals surface area (Å²) < 4.78 is 38.2. The summed E-state index contributed by atoms with van der Waals surface area (Å²) in [4.78, 5) is 13.3. The molecule has 0 fully saturated rings. The van der Waals surface area contributed by atoms with Crippen LogP contribution < -0.4 is 15.0 Å². The molecule has 0 saturated heterocycles. The van der Waals surface area contributed by atoms with Crippen molar-refractivity contribution in [1.29, 1.82) is 0 Å². The predicted octanol–water partition coefficient (Wildman–Crippen LogP) is 3.05. The maximum Gasteiger partial charge on any atom is 0.274 e. The predicted molar refractivity (Wildman–Crippen MR) is 114 cm³/mol.